The minimum Gasteiger partial charge on any atom is -0.491 e. The van der Waals surface area contributed by atoms with E-state index in [2.05, 4.69) is 0 Å². The maximum absolute atomic E-state index is 13.4. The van der Waals surface area contributed by atoms with E-state index in [9.17, 15) is 4.39 Å². The van der Waals surface area contributed by atoms with Crippen LogP contribution in [0.4, 0.5) is 4.39 Å². The molecule has 0 N–H and O–H groups in total. The number of ether oxygens (including phenoxy) is 1. The Kier molecular flexibility index (Phi) is 4.89. The Morgan fingerprint density at radius 1 is 1.05 bits per heavy atom. The molecule has 21 heavy (non-hydrogen) atoms. The van der Waals surface area contributed by atoms with Gasteiger partial charge >= 0.3 is 0 Å². The number of alkyl halides is 1. The predicted octanol–water partition coefficient (Wildman–Crippen LogP) is 5.56. The first-order valence-corrected chi connectivity index (χ1v) is 7.49. The summed E-state index contributed by atoms with van der Waals surface area (Å²) in [7, 11) is 0. The maximum Gasteiger partial charge on any atom is 0.123 e. The van der Waals surface area contributed by atoms with Crippen LogP contribution in [0.15, 0.2) is 36.4 Å². The van der Waals surface area contributed by atoms with Crippen LogP contribution in [0.2, 0.25) is 0 Å². The van der Waals surface area contributed by atoms with Crippen molar-refractivity contribution < 1.29 is 9.13 Å². The average molecular weight is 307 g/mol. The van der Waals surface area contributed by atoms with Gasteiger partial charge in [-0.05, 0) is 74.2 Å². The molecule has 1 nitrogen and oxygen atoms in total. The van der Waals surface area contributed by atoms with Crippen LogP contribution in [0.5, 0.6) is 5.75 Å². The van der Waals surface area contributed by atoms with E-state index in [1.807, 2.05) is 52.0 Å². The molecular formula is C18H20ClFO. The van der Waals surface area contributed by atoms with Crippen LogP contribution < -0.4 is 4.74 Å². The molecule has 0 aliphatic rings. The SMILES string of the molecule is Cc1cc(F)cc(C)c1C(Cl)c1cccc(OC(C)C)c1. The quantitative estimate of drug-likeness (QED) is 0.672. The maximum atomic E-state index is 13.4. The zero-order chi connectivity index (χ0) is 15.6. The van der Waals surface area contributed by atoms with Crippen molar-refractivity contribution >= 4 is 11.6 Å². The van der Waals surface area contributed by atoms with Gasteiger partial charge in [0.05, 0.1) is 11.5 Å². The Labute approximate surface area is 130 Å². The Morgan fingerprint density at radius 2 is 1.67 bits per heavy atom. The van der Waals surface area contributed by atoms with Crippen molar-refractivity contribution in [1.29, 1.82) is 0 Å². The van der Waals surface area contributed by atoms with E-state index >= 15 is 0 Å². The molecule has 0 amide bonds. The number of hydrogen-bond donors (Lipinski definition) is 0. The number of rotatable bonds is 4. The highest BCUT2D eigenvalue weighted by Crippen LogP contribution is 2.35. The van der Waals surface area contributed by atoms with Gasteiger partial charge in [-0.25, -0.2) is 4.39 Å². The molecule has 1 atom stereocenters. The van der Waals surface area contributed by atoms with E-state index in [1.54, 1.807) is 0 Å². The molecule has 0 aliphatic carbocycles. The van der Waals surface area contributed by atoms with Crippen LogP contribution in [-0.2, 0) is 0 Å². The third-order valence-electron chi connectivity index (χ3n) is 3.33. The number of hydrogen-bond acceptors (Lipinski definition) is 1. The summed E-state index contributed by atoms with van der Waals surface area (Å²) in [4.78, 5) is 0. The number of halogens is 2. The minimum absolute atomic E-state index is 0.114. The zero-order valence-electron chi connectivity index (χ0n) is 12.8. The monoisotopic (exact) mass is 306 g/mol. The van der Waals surface area contributed by atoms with E-state index < -0.39 is 0 Å². The van der Waals surface area contributed by atoms with Crippen LogP contribution in [-0.4, -0.2) is 6.10 Å². The van der Waals surface area contributed by atoms with Crippen molar-refractivity contribution in [2.24, 2.45) is 0 Å². The predicted molar refractivity (Wildman–Crippen MR) is 85.8 cm³/mol. The highest BCUT2D eigenvalue weighted by atomic mass is 35.5. The molecule has 2 rings (SSSR count). The lowest BCUT2D eigenvalue weighted by Gasteiger charge is -2.18. The van der Waals surface area contributed by atoms with Crippen molar-refractivity contribution in [2.45, 2.75) is 39.2 Å². The summed E-state index contributed by atoms with van der Waals surface area (Å²) in [6.45, 7) is 7.74. The Balaban J connectivity index is 2.38. The van der Waals surface area contributed by atoms with Gasteiger partial charge in [-0.3, -0.25) is 0 Å². The average Bonchev–Trinajstić information content (AvgIpc) is 2.36. The first-order valence-electron chi connectivity index (χ1n) is 7.06. The molecule has 0 fully saturated rings. The van der Waals surface area contributed by atoms with Crippen molar-refractivity contribution in [1.82, 2.24) is 0 Å². The van der Waals surface area contributed by atoms with Gasteiger partial charge in [0, 0.05) is 0 Å². The summed E-state index contributed by atoms with van der Waals surface area (Å²) in [5.74, 6) is 0.570. The van der Waals surface area contributed by atoms with E-state index in [4.69, 9.17) is 16.3 Å². The second-order valence-corrected chi connectivity index (χ2v) is 5.99. The summed E-state index contributed by atoms with van der Waals surface area (Å²) in [6.07, 6.45) is 0.114. The third-order valence-corrected chi connectivity index (χ3v) is 3.80. The second kappa shape index (κ2) is 6.48. The van der Waals surface area contributed by atoms with Gasteiger partial charge in [0.25, 0.3) is 0 Å². The first-order chi connectivity index (χ1) is 9.88. The summed E-state index contributed by atoms with van der Waals surface area (Å²) in [6, 6.07) is 10.8. The highest BCUT2D eigenvalue weighted by molar-refractivity contribution is 6.22. The summed E-state index contributed by atoms with van der Waals surface area (Å²) in [5, 5.41) is -0.318. The van der Waals surface area contributed by atoms with Crippen LogP contribution in [0.25, 0.3) is 0 Å². The van der Waals surface area contributed by atoms with Crippen LogP contribution in [0.1, 0.15) is 41.5 Å². The molecule has 0 spiro atoms. The van der Waals surface area contributed by atoms with Crippen molar-refractivity contribution in [2.75, 3.05) is 0 Å². The fourth-order valence-electron chi connectivity index (χ4n) is 2.51. The fourth-order valence-corrected chi connectivity index (χ4v) is 2.99. The van der Waals surface area contributed by atoms with Crippen molar-refractivity contribution in [3.8, 4) is 5.75 Å². The Hall–Kier alpha value is -1.54. The standard InChI is InChI=1S/C18H20ClFO/c1-11(2)21-16-7-5-6-14(10-16)18(19)17-12(3)8-15(20)9-13(17)4/h5-11,18H,1-4H3. The molecular weight excluding hydrogens is 287 g/mol. The third kappa shape index (κ3) is 3.76. The molecule has 2 aromatic carbocycles. The molecule has 3 heteroatoms. The molecule has 0 radical (unpaired) electrons. The number of benzene rings is 2. The molecule has 0 saturated heterocycles. The summed E-state index contributed by atoms with van der Waals surface area (Å²) in [5.41, 5.74) is 3.64. The van der Waals surface area contributed by atoms with Gasteiger partial charge in [0.1, 0.15) is 11.6 Å². The second-order valence-electron chi connectivity index (χ2n) is 5.55. The van der Waals surface area contributed by atoms with Gasteiger partial charge in [0.15, 0.2) is 0 Å². The summed E-state index contributed by atoms with van der Waals surface area (Å²) < 4.78 is 19.1. The van der Waals surface area contributed by atoms with E-state index in [0.717, 1.165) is 28.0 Å². The lowest BCUT2D eigenvalue weighted by molar-refractivity contribution is 0.242. The number of aryl methyl sites for hydroxylation is 2. The molecule has 0 aromatic heterocycles. The van der Waals surface area contributed by atoms with E-state index in [-0.39, 0.29) is 17.3 Å². The van der Waals surface area contributed by atoms with Crippen LogP contribution in [0.3, 0.4) is 0 Å². The van der Waals surface area contributed by atoms with Gasteiger partial charge < -0.3 is 4.74 Å². The molecule has 1 unspecified atom stereocenters. The van der Waals surface area contributed by atoms with Gasteiger partial charge in [-0.2, -0.15) is 0 Å². The highest BCUT2D eigenvalue weighted by Gasteiger charge is 2.17. The lowest BCUT2D eigenvalue weighted by Crippen LogP contribution is -2.06. The molecule has 0 aliphatic heterocycles. The molecule has 2 aromatic rings. The Bertz CT molecular complexity index is 614. The smallest absolute Gasteiger partial charge is 0.123 e. The zero-order valence-corrected chi connectivity index (χ0v) is 13.5. The van der Waals surface area contributed by atoms with Crippen molar-refractivity contribution in [3.63, 3.8) is 0 Å². The molecule has 0 saturated carbocycles. The normalized spacial score (nSPS) is 12.5. The fraction of sp³-hybridized carbons (Fsp3) is 0.333. The largest absolute Gasteiger partial charge is 0.491 e. The summed E-state index contributed by atoms with van der Waals surface area (Å²) >= 11 is 6.63. The topological polar surface area (TPSA) is 9.23 Å². The van der Waals surface area contributed by atoms with E-state index in [0.29, 0.717) is 0 Å². The van der Waals surface area contributed by atoms with E-state index in [1.165, 1.54) is 12.1 Å². The van der Waals surface area contributed by atoms with Crippen LogP contribution in [0, 0.1) is 19.7 Å². The van der Waals surface area contributed by atoms with Crippen LogP contribution >= 0.6 is 11.6 Å². The molecule has 0 bridgehead atoms. The minimum atomic E-state index is -0.318. The van der Waals surface area contributed by atoms with Gasteiger partial charge in [0.2, 0.25) is 0 Å². The molecule has 112 valence electrons. The molecule has 0 heterocycles. The van der Waals surface area contributed by atoms with Gasteiger partial charge in [-0.15, -0.1) is 11.6 Å². The van der Waals surface area contributed by atoms with Gasteiger partial charge in [-0.1, -0.05) is 12.1 Å². The van der Waals surface area contributed by atoms with Crippen molar-refractivity contribution in [3.05, 3.63) is 64.5 Å². The first kappa shape index (κ1) is 15.8. The Morgan fingerprint density at radius 3 is 2.24 bits per heavy atom. The lowest BCUT2D eigenvalue weighted by atomic mass is 9.95.